The number of carbonyl (C=O) groups excluding carboxylic acids is 1. The number of ketones is 1. The Morgan fingerprint density at radius 2 is 1.61 bits per heavy atom. The average molecular weight is 870 g/mol. The van der Waals surface area contributed by atoms with Gasteiger partial charge in [0.2, 0.25) is 0 Å². The summed E-state index contributed by atoms with van der Waals surface area (Å²) in [6.45, 7) is 17.8. The summed E-state index contributed by atoms with van der Waals surface area (Å²) in [4.78, 5) is 16.3. The van der Waals surface area contributed by atoms with Gasteiger partial charge in [-0.25, -0.2) is 0 Å². The second-order valence-corrected chi connectivity index (χ2v) is 15.2. The van der Waals surface area contributed by atoms with E-state index in [1.54, 1.807) is 18.2 Å². The Hall–Kier alpha value is -3.53. The molecule has 3 aromatic carbocycles. The molecule has 5 aromatic rings. The quantitative estimate of drug-likeness (QED) is 0.0863. The van der Waals surface area contributed by atoms with Crippen molar-refractivity contribution < 1.29 is 41.3 Å². The average Bonchev–Trinajstić information content (AvgIpc) is 3.55. The first kappa shape index (κ1) is 34.5. The second kappa shape index (κ2) is 17.8. The number of allylic oxidation sites excluding steroid dienone is 2. The Kier molecular flexibility index (Phi) is 12.1. The molecular formula is C46H58IrNO3-. The molecule has 0 spiro atoms. The van der Waals surface area contributed by atoms with Crippen molar-refractivity contribution in [1.29, 1.82) is 0 Å². The fraction of sp³-hybridized carbons (Fsp3) is 0.435. The molecule has 1 N–H and O–H groups in total. The van der Waals surface area contributed by atoms with E-state index >= 15 is 0 Å². The zero-order valence-corrected chi connectivity index (χ0v) is 34.4. The van der Waals surface area contributed by atoms with Crippen LogP contribution in [0.3, 0.4) is 0 Å². The molecule has 0 aliphatic heterocycles. The SMILES string of the molecule is CCC(CC)C(=O)/C=C(\O)C(CC)CC.[2H]C([2H])([2H])c1cnc(-c2[c-]c3ccccc3c(C(C)(C)C)c2)cc1-c1cc2ccc(C([2H])([2H])C(C)(C)C)cc2o1.[Ir]. The number of aromatic nitrogens is 1. The van der Waals surface area contributed by atoms with Crippen molar-refractivity contribution in [3.63, 3.8) is 0 Å². The molecular weight excluding hydrogens is 807 g/mol. The number of aliphatic hydroxyl groups is 1. The standard InChI is InChI=1S/C33H34NO.C13H24O2.Ir/c1-21-20-34-29(25-15-23-10-8-9-11-26(23)28(16-25)33(5,6)7)18-27(21)31-17-24-13-12-22(14-30(24)35-31)19-32(2,3)4;1-5-10(6-2)12(14)9-13(15)11(7-3)8-4;/h8-14,16-18,20H,19H2,1-7H3;9-11,14H,5-8H2,1-4H3;/q-1;;/b;12-9-;/i1D3,19D2;;. The molecule has 51 heavy (non-hydrogen) atoms. The van der Waals surface area contributed by atoms with Crippen LogP contribution in [0.4, 0.5) is 0 Å². The fourth-order valence-corrected chi connectivity index (χ4v) is 6.25. The number of aliphatic hydroxyl groups excluding tert-OH is 1. The van der Waals surface area contributed by atoms with Crippen LogP contribution < -0.4 is 0 Å². The van der Waals surface area contributed by atoms with Crippen LogP contribution in [0.1, 0.15) is 118 Å². The summed E-state index contributed by atoms with van der Waals surface area (Å²) in [7, 11) is 0. The van der Waals surface area contributed by atoms with Crippen molar-refractivity contribution in [2.45, 2.75) is 114 Å². The summed E-state index contributed by atoms with van der Waals surface area (Å²) in [6, 6.07) is 22.6. The first-order chi connectivity index (χ1) is 25.6. The number of fused-ring (bicyclic) bond motifs is 2. The van der Waals surface area contributed by atoms with E-state index in [1.165, 1.54) is 12.3 Å². The number of benzene rings is 3. The molecule has 0 amide bonds. The van der Waals surface area contributed by atoms with Crippen LogP contribution >= 0.6 is 0 Å². The van der Waals surface area contributed by atoms with E-state index in [0.717, 1.165) is 53.0 Å². The van der Waals surface area contributed by atoms with Crippen molar-refractivity contribution in [2.75, 3.05) is 0 Å². The van der Waals surface area contributed by atoms with E-state index in [2.05, 4.69) is 44.0 Å². The molecule has 0 unspecified atom stereocenters. The Morgan fingerprint density at radius 3 is 2.22 bits per heavy atom. The largest absolute Gasteiger partial charge is 0.512 e. The minimum atomic E-state index is -2.40. The fourth-order valence-electron chi connectivity index (χ4n) is 6.25. The van der Waals surface area contributed by atoms with Crippen LogP contribution in [-0.2, 0) is 36.7 Å². The third-order valence-corrected chi connectivity index (χ3v) is 9.15. The maximum atomic E-state index is 11.7. The van der Waals surface area contributed by atoms with Gasteiger partial charge < -0.3 is 9.52 Å². The number of rotatable bonds is 10. The molecule has 2 heterocycles. The summed E-state index contributed by atoms with van der Waals surface area (Å²) in [5.41, 5.74) is 3.33. The number of hydrogen-bond donors (Lipinski definition) is 1. The maximum Gasteiger partial charge on any atom is 0.162 e. The first-order valence-electron chi connectivity index (χ1n) is 20.5. The van der Waals surface area contributed by atoms with Gasteiger partial charge >= 0.3 is 0 Å². The molecule has 0 saturated carbocycles. The summed E-state index contributed by atoms with van der Waals surface area (Å²) in [5.74, 6) is 0.946. The van der Waals surface area contributed by atoms with Gasteiger partial charge in [0.05, 0.1) is 5.76 Å². The zero-order chi connectivity index (χ0) is 41.1. The van der Waals surface area contributed by atoms with E-state index in [4.69, 9.17) is 11.3 Å². The van der Waals surface area contributed by atoms with Crippen molar-refractivity contribution in [3.05, 3.63) is 101 Å². The van der Waals surface area contributed by atoms with Crippen LogP contribution in [0.25, 0.3) is 44.3 Å². The molecule has 0 saturated heterocycles. The number of hydrogen-bond acceptors (Lipinski definition) is 4. The van der Waals surface area contributed by atoms with Crippen molar-refractivity contribution in [3.8, 4) is 22.6 Å². The predicted molar refractivity (Wildman–Crippen MR) is 212 cm³/mol. The Morgan fingerprint density at radius 1 is 0.941 bits per heavy atom. The van der Waals surface area contributed by atoms with E-state index in [1.807, 2.05) is 78.8 Å². The van der Waals surface area contributed by atoms with Crippen LogP contribution in [0.2, 0.25) is 0 Å². The third kappa shape index (κ3) is 10.7. The maximum absolute atomic E-state index is 11.7. The molecule has 0 fully saturated rings. The molecule has 0 aliphatic carbocycles. The normalized spacial score (nSPS) is 14.3. The molecule has 1 radical (unpaired) electrons. The molecule has 275 valence electrons. The Labute approximate surface area is 327 Å². The molecule has 0 aliphatic rings. The van der Waals surface area contributed by atoms with Crippen LogP contribution in [0.5, 0.6) is 0 Å². The van der Waals surface area contributed by atoms with Gasteiger partial charge in [-0.1, -0.05) is 117 Å². The van der Waals surface area contributed by atoms with E-state index in [9.17, 15) is 9.90 Å². The number of nitrogens with zero attached hydrogens (tertiary/aromatic N) is 1. The van der Waals surface area contributed by atoms with Gasteiger partial charge in [-0.3, -0.25) is 9.78 Å². The summed E-state index contributed by atoms with van der Waals surface area (Å²) in [6.07, 6.45) is 4.73. The molecule has 0 atom stereocenters. The molecule has 0 bridgehead atoms. The number of pyridine rings is 1. The minimum Gasteiger partial charge on any atom is -0.512 e. The minimum absolute atomic E-state index is 0. The second-order valence-electron chi connectivity index (χ2n) is 15.2. The van der Waals surface area contributed by atoms with Gasteiger partial charge in [-0.05, 0) is 73.0 Å². The van der Waals surface area contributed by atoms with Gasteiger partial charge in [0, 0.05) is 67.7 Å². The van der Waals surface area contributed by atoms with Gasteiger partial charge in [0.1, 0.15) is 11.3 Å². The first-order valence-corrected chi connectivity index (χ1v) is 18.0. The predicted octanol–water partition coefficient (Wildman–Crippen LogP) is 13.2. The summed E-state index contributed by atoms with van der Waals surface area (Å²) in [5, 5.41) is 12.6. The smallest absolute Gasteiger partial charge is 0.162 e. The van der Waals surface area contributed by atoms with Crippen LogP contribution in [0.15, 0.2) is 83.1 Å². The molecule has 2 aromatic heterocycles. The Balaban J connectivity index is 0.000000448. The van der Waals surface area contributed by atoms with E-state index in [-0.39, 0.29) is 54.5 Å². The number of carbonyl (C=O) groups is 1. The van der Waals surface area contributed by atoms with Gasteiger partial charge in [0.25, 0.3) is 0 Å². The van der Waals surface area contributed by atoms with Gasteiger partial charge in [-0.2, -0.15) is 0 Å². The molecule has 5 rings (SSSR count). The molecule has 5 heteroatoms. The van der Waals surface area contributed by atoms with Crippen molar-refractivity contribution >= 4 is 27.5 Å². The third-order valence-electron chi connectivity index (χ3n) is 9.15. The van der Waals surface area contributed by atoms with E-state index in [0.29, 0.717) is 28.2 Å². The number of aryl methyl sites for hydroxylation is 1. The molecule has 4 nitrogen and oxygen atoms in total. The van der Waals surface area contributed by atoms with Crippen LogP contribution in [0, 0.1) is 30.2 Å². The topological polar surface area (TPSA) is 63.3 Å². The summed E-state index contributed by atoms with van der Waals surface area (Å²) < 4.78 is 48.1. The zero-order valence-electron chi connectivity index (χ0n) is 37.0. The van der Waals surface area contributed by atoms with Crippen molar-refractivity contribution in [2.24, 2.45) is 17.3 Å². The monoisotopic (exact) mass is 870 g/mol. The summed E-state index contributed by atoms with van der Waals surface area (Å²) >= 11 is 0. The van der Waals surface area contributed by atoms with Crippen LogP contribution in [-0.4, -0.2) is 15.9 Å². The van der Waals surface area contributed by atoms with Crippen molar-refractivity contribution in [1.82, 2.24) is 4.98 Å². The Bertz CT molecular complexity index is 2150. The number of furan rings is 1. The van der Waals surface area contributed by atoms with Gasteiger partial charge in [-0.15, -0.1) is 29.1 Å². The van der Waals surface area contributed by atoms with Gasteiger partial charge in [0.15, 0.2) is 5.78 Å². The van der Waals surface area contributed by atoms with E-state index < -0.39 is 18.6 Å².